The highest BCUT2D eigenvalue weighted by Gasteiger charge is 2.10. The second kappa shape index (κ2) is 41.2. The largest absolute Gasteiger partial charge is 0.466 e. The van der Waals surface area contributed by atoms with Gasteiger partial charge in [-0.05, 0) is 83.7 Å². The van der Waals surface area contributed by atoms with Crippen LogP contribution in [-0.2, 0) is 19.0 Å². The van der Waals surface area contributed by atoms with Gasteiger partial charge in [0.05, 0.1) is 26.4 Å². The first-order valence-electron chi connectivity index (χ1n) is 21.2. The van der Waals surface area contributed by atoms with Crippen LogP contribution >= 0.6 is 0 Å². The molecule has 0 radical (unpaired) electrons. The standard InChI is InChI=1S/C43H83NO5/c1-4-7-10-13-16-24-30-39-47-42(46)33-26-19-18-21-28-35-44(37-38-45)36-29-22-20-27-34-43(48-40-31-23-15-12-9-6-3)49-41-32-25-17-14-11-8-5-2/h15,17,23,25,43,45H,4-14,16,18-22,24,26-41H2,1-3H3/b23-15-,25-17-. The number of allylic oxidation sites excluding steroid dienone is 2. The Labute approximate surface area is 305 Å². The Balaban J connectivity index is 4.05. The van der Waals surface area contributed by atoms with Gasteiger partial charge in [-0.15, -0.1) is 0 Å². The maximum atomic E-state index is 12.0. The predicted molar refractivity (Wildman–Crippen MR) is 210 cm³/mol. The van der Waals surface area contributed by atoms with E-state index in [4.69, 9.17) is 14.2 Å². The second-order valence-corrected chi connectivity index (χ2v) is 14.0. The van der Waals surface area contributed by atoms with Gasteiger partial charge in [-0.2, -0.15) is 0 Å². The molecule has 1 N–H and O–H groups in total. The summed E-state index contributed by atoms with van der Waals surface area (Å²) in [7, 11) is 0. The zero-order valence-electron chi connectivity index (χ0n) is 33.0. The van der Waals surface area contributed by atoms with Crippen LogP contribution in [0.15, 0.2) is 24.3 Å². The average molecular weight is 694 g/mol. The Morgan fingerprint density at radius 1 is 0.531 bits per heavy atom. The molecule has 0 aliphatic heterocycles. The number of rotatable bonds is 40. The van der Waals surface area contributed by atoms with E-state index in [-0.39, 0.29) is 18.9 Å². The van der Waals surface area contributed by atoms with Crippen LogP contribution in [0.25, 0.3) is 0 Å². The number of aliphatic hydroxyl groups is 1. The van der Waals surface area contributed by atoms with E-state index >= 15 is 0 Å². The molecule has 1 atom stereocenters. The molecular weight excluding hydrogens is 610 g/mol. The van der Waals surface area contributed by atoms with E-state index in [1.54, 1.807) is 0 Å². The van der Waals surface area contributed by atoms with E-state index in [2.05, 4.69) is 50.0 Å². The molecule has 0 spiro atoms. The van der Waals surface area contributed by atoms with E-state index in [0.717, 1.165) is 97.1 Å². The summed E-state index contributed by atoms with van der Waals surface area (Å²) in [5.41, 5.74) is 0. The number of nitrogens with zero attached hydrogens (tertiary/aromatic N) is 1. The molecule has 6 heteroatoms. The Kier molecular flexibility index (Phi) is 40.2. The van der Waals surface area contributed by atoms with Crippen molar-refractivity contribution in [3.63, 3.8) is 0 Å². The lowest BCUT2D eigenvalue weighted by molar-refractivity contribution is -0.145. The minimum atomic E-state index is -0.107. The molecule has 0 aromatic heterocycles. The maximum Gasteiger partial charge on any atom is 0.305 e. The van der Waals surface area contributed by atoms with Crippen LogP contribution in [0.1, 0.15) is 194 Å². The summed E-state index contributed by atoms with van der Waals surface area (Å²) < 4.78 is 17.7. The maximum absolute atomic E-state index is 12.0. The smallest absolute Gasteiger partial charge is 0.305 e. The highest BCUT2D eigenvalue weighted by Crippen LogP contribution is 2.13. The highest BCUT2D eigenvalue weighted by molar-refractivity contribution is 5.69. The molecule has 0 amide bonds. The number of ether oxygens (including phenoxy) is 3. The van der Waals surface area contributed by atoms with Gasteiger partial charge in [0.15, 0.2) is 6.29 Å². The normalized spacial score (nSPS) is 12.6. The number of hydrogen-bond acceptors (Lipinski definition) is 6. The van der Waals surface area contributed by atoms with E-state index < -0.39 is 0 Å². The lowest BCUT2D eigenvalue weighted by Gasteiger charge is -2.21. The van der Waals surface area contributed by atoms with Crippen LogP contribution in [0.4, 0.5) is 0 Å². The van der Waals surface area contributed by atoms with Gasteiger partial charge in [-0.1, -0.05) is 141 Å². The summed E-state index contributed by atoms with van der Waals surface area (Å²) in [6, 6.07) is 0. The number of carbonyl (C=O) groups excluding carboxylic acids is 1. The molecule has 49 heavy (non-hydrogen) atoms. The van der Waals surface area contributed by atoms with Gasteiger partial charge >= 0.3 is 5.97 Å². The fourth-order valence-corrected chi connectivity index (χ4v) is 5.98. The third kappa shape index (κ3) is 37.9. The minimum Gasteiger partial charge on any atom is -0.466 e. The molecule has 0 heterocycles. The summed E-state index contributed by atoms with van der Waals surface area (Å²) >= 11 is 0. The molecule has 0 aromatic carbocycles. The Bertz CT molecular complexity index is 712. The Hall–Kier alpha value is -1.21. The summed E-state index contributed by atoms with van der Waals surface area (Å²) in [5.74, 6) is -0.0257. The van der Waals surface area contributed by atoms with Gasteiger partial charge in [0.25, 0.3) is 0 Å². The molecule has 1 unspecified atom stereocenters. The molecule has 0 aliphatic carbocycles. The van der Waals surface area contributed by atoms with Crippen molar-refractivity contribution in [2.75, 3.05) is 46.1 Å². The van der Waals surface area contributed by atoms with Gasteiger partial charge in [-0.3, -0.25) is 4.79 Å². The second-order valence-electron chi connectivity index (χ2n) is 14.0. The van der Waals surface area contributed by atoms with Crippen molar-refractivity contribution in [1.82, 2.24) is 4.90 Å². The fourth-order valence-electron chi connectivity index (χ4n) is 5.98. The molecule has 0 fully saturated rings. The van der Waals surface area contributed by atoms with E-state index in [0.29, 0.717) is 13.0 Å². The summed E-state index contributed by atoms with van der Waals surface area (Å²) in [4.78, 5) is 14.4. The van der Waals surface area contributed by atoms with Crippen LogP contribution in [0.3, 0.4) is 0 Å². The van der Waals surface area contributed by atoms with Gasteiger partial charge in [0.2, 0.25) is 0 Å². The lowest BCUT2D eigenvalue weighted by atomic mass is 10.1. The molecule has 0 saturated carbocycles. The van der Waals surface area contributed by atoms with Gasteiger partial charge in [0, 0.05) is 13.0 Å². The van der Waals surface area contributed by atoms with Crippen molar-refractivity contribution in [3.05, 3.63) is 24.3 Å². The van der Waals surface area contributed by atoms with E-state index in [9.17, 15) is 9.90 Å². The monoisotopic (exact) mass is 694 g/mol. The zero-order valence-corrected chi connectivity index (χ0v) is 33.0. The minimum absolute atomic E-state index is 0.0257. The van der Waals surface area contributed by atoms with Crippen LogP contribution < -0.4 is 0 Å². The average Bonchev–Trinajstić information content (AvgIpc) is 3.10. The lowest BCUT2D eigenvalue weighted by Crippen LogP contribution is -2.29. The molecule has 0 saturated heterocycles. The molecule has 0 bridgehead atoms. The molecule has 6 nitrogen and oxygen atoms in total. The topological polar surface area (TPSA) is 68.2 Å². The quantitative estimate of drug-likeness (QED) is 0.0298. The van der Waals surface area contributed by atoms with Crippen molar-refractivity contribution in [1.29, 1.82) is 0 Å². The van der Waals surface area contributed by atoms with Gasteiger partial charge in [-0.25, -0.2) is 0 Å². The number of hydrogen-bond donors (Lipinski definition) is 1. The van der Waals surface area contributed by atoms with Crippen molar-refractivity contribution in [2.45, 2.75) is 200 Å². The Morgan fingerprint density at radius 2 is 1.02 bits per heavy atom. The van der Waals surface area contributed by atoms with Crippen molar-refractivity contribution in [2.24, 2.45) is 0 Å². The van der Waals surface area contributed by atoms with Gasteiger partial charge < -0.3 is 24.2 Å². The predicted octanol–water partition coefficient (Wildman–Crippen LogP) is 11.9. The van der Waals surface area contributed by atoms with Crippen molar-refractivity contribution >= 4 is 5.97 Å². The van der Waals surface area contributed by atoms with Crippen molar-refractivity contribution < 1.29 is 24.1 Å². The molecule has 0 rings (SSSR count). The van der Waals surface area contributed by atoms with E-state index in [1.165, 1.54) is 103 Å². The molecular formula is C43H83NO5. The first-order chi connectivity index (χ1) is 24.2. The number of unbranched alkanes of at least 4 members (excludes halogenated alkanes) is 18. The fraction of sp³-hybridized carbons (Fsp3) is 0.884. The summed E-state index contributed by atoms with van der Waals surface area (Å²) in [6.45, 7) is 11.8. The highest BCUT2D eigenvalue weighted by atomic mass is 16.7. The first kappa shape index (κ1) is 47.8. The third-order valence-electron chi connectivity index (χ3n) is 9.16. The van der Waals surface area contributed by atoms with Crippen LogP contribution in [0, 0.1) is 0 Å². The van der Waals surface area contributed by atoms with Crippen LogP contribution in [0.5, 0.6) is 0 Å². The molecule has 0 aliphatic rings. The number of esters is 1. The van der Waals surface area contributed by atoms with Gasteiger partial charge in [0.1, 0.15) is 0 Å². The van der Waals surface area contributed by atoms with E-state index in [1.807, 2.05) is 0 Å². The summed E-state index contributed by atoms with van der Waals surface area (Å²) in [5, 5.41) is 9.57. The number of carbonyl (C=O) groups is 1. The van der Waals surface area contributed by atoms with Crippen LogP contribution in [0.2, 0.25) is 0 Å². The molecule has 0 aromatic rings. The van der Waals surface area contributed by atoms with Crippen molar-refractivity contribution in [3.8, 4) is 0 Å². The Morgan fingerprint density at radius 3 is 1.63 bits per heavy atom. The number of aliphatic hydroxyl groups excluding tert-OH is 1. The first-order valence-corrected chi connectivity index (χ1v) is 21.2. The summed E-state index contributed by atoms with van der Waals surface area (Å²) in [6.07, 6.45) is 40.0. The molecule has 290 valence electrons. The zero-order chi connectivity index (χ0) is 35.7. The third-order valence-corrected chi connectivity index (χ3v) is 9.16. The SMILES string of the molecule is CCCC/C=C\CCOC(CCCCCCN(CCO)CCCCCCCC(=O)OCCCCCCCCC)OCC/C=C\CCCCC. The van der Waals surface area contributed by atoms with Crippen LogP contribution in [-0.4, -0.2) is 68.3 Å².